The van der Waals surface area contributed by atoms with E-state index >= 15 is 0 Å². The average Bonchev–Trinajstić information content (AvgIpc) is 2.81. The second-order valence-electron chi connectivity index (χ2n) is 5.50. The molecule has 2 heterocycles. The fraction of sp³-hybridized carbons (Fsp3) is 0.533. The highest BCUT2D eigenvalue weighted by molar-refractivity contribution is 7.18. The molecule has 3 nitrogen and oxygen atoms in total. The third-order valence-electron chi connectivity index (χ3n) is 4.02. The molecule has 0 saturated carbocycles. The minimum Gasteiger partial charge on any atom is -0.374 e. The van der Waals surface area contributed by atoms with Gasteiger partial charge < -0.3 is 10.5 Å². The van der Waals surface area contributed by atoms with Gasteiger partial charge in [0, 0.05) is 19.1 Å². The lowest BCUT2D eigenvalue weighted by molar-refractivity contribution is -0.0808. The number of hydrogen-bond donors (Lipinski definition) is 1. The molecule has 2 unspecified atom stereocenters. The van der Waals surface area contributed by atoms with Crippen LogP contribution in [0.25, 0.3) is 10.2 Å². The van der Waals surface area contributed by atoms with Crippen molar-refractivity contribution in [2.75, 3.05) is 6.61 Å². The van der Waals surface area contributed by atoms with Gasteiger partial charge in [0.15, 0.2) is 0 Å². The fourth-order valence-electron chi connectivity index (χ4n) is 2.66. The molecule has 1 aromatic carbocycles. The Bertz CT molecular complexity index is 527. The van der Waals surface area contributed by atoms with E-state index in [1.54, 1.807) is 11.3 Å². The largest absolute Gasteiger partial charge is 0.374 e. The normalized spacial score (nSPS) is 25.6. The number of benzene rings is 1. The van der Waals surface area contributed by atoms with Gasteiger partial charge in [0.25, 0.3) is 0 Å². The van der Waals surface area contributed by atoms with Crippen LogP contribution in [0.1, 0.15) is 31.2 Å². The van der Waals surface area contributed by atoms with E-state index in [9.17, 15) is 0 Å². The van der Waals surface area contributed by atoms with Gasteiger partial charge in [-0.15, -0.1) is 11.3 Å². The van der Waals surface area contributed by atoms with E-state index in [2.05, 4.69) is 30.1 Å². The van der Waals surface area contributed by atoms with Crippen molar-refractivity contribution in [3.05, 3.63) is 29.3 Å². The lowest BCUT2D eigenvalue weighted by atomic mass is 9.87. The summed E-state index contributed by atoms with van der Waals surface area (Å²) in [7, 11) is 0. The van der Waals surface area contributed by atoms with Crippen LogP contribution in [0.5, 0.6) is 0 Å². The Hall–Kier alpha value is -0.970. The molecule has 0 amide bonds. The van der Waals surface area contributed by atoms with E-state index in [0.29, 0.717) is 0 Å². The lowest BCUT2D eigenvalue weighted by Gasteiger charge is -2.38. The first kappa shape index (κ1) is 13.0. The predicted octanol–water partition coefficient (Wildman–Crippen LogP) is 3.13. The minimum atomic E-state index is -0.184. The average molecular weight is 276 g/mol. The van der Waals surface area contributed by atoms with Crippen LogP contribution >= 0.6 is 11.3 Å². The van der Waals surface area contributed by atoms with Crippen molar-refractivity contribution in [3.8, 4) is 0 Å². The van der Waals surface area contributed by atoms with Crippen LogP contribution in [0.3, 0.4) is 0 Å². The van der Waals surface area contributed by atoms with Crippen molar-refractivity contribution in [1.82, 2.24) is 4.98 Å². The Labute approximate surface area is 117 Å². The molecule has 2 N–H and O–H groups in total. The fourth-order valence-corrected chi connectivity index (χ4v) is 3.68. The monoisotopic (exact) mass is 276 g/mol. The summed E-state index contributed by atoms with van der Waals surface area (Å²) in [6.07, 6.45) is 4.22. The van der Waals surface area contributed by atoms with Gasteiger partial charge in [-0.1, -0.05) is 12.1 Å². The molecular formula is C15H20N2OS. The van der Waals surface area contributed by atoms with Crippen LogP contribution in [0.4, 0.5) is 0 Å². The smallest absolute Gasteiger partial charge is 0.0955 e. The Morgan fingerprint density at radius 2 is 2.26 bits per heavy atom. The van der Waals surface area contributed by atoms with Gasteiger partial charge in [-0.3, -0.25) is 0 Å². The summed E-state index contributed by atoms with van der Waals surface area (Å²) in [5, 5.41) is 1.11. The van der Waals surface area contributed by atoms with Gasteiger partial charge in [0.2, 0.25) is 0 Å². The first-order valence-corrected chi connectivity index (χ1v) is 7.73. The maximum Gasteiger partial charge on any atom is 0.0955 e. The molecule has 2 atom stereocenters. The maximum absolute atomic E-state index is 6.38. The van der Waals surface area contributed by atoms with Gasteiger partial charge in [0.05, 0.1) is 20.8 Å². The Balaban J connectivity index is 1.76. The van der Waals surface area contributed by atoms with E-state index in [4.69, 9.17) is 10.5 Å². The molecule has 1 fully saturated rings. The summed E-state index contributed by atoms with van der Waals surface area (Å²) in [5.74, 6) is 0. The zero-order valence-electron chi connectivity index (χ0n) is 11.3. The SMILES string of the molecule is CC1(C(N)Cc2nc3ccccc3s2)CCCCO1. The summed E-state index contributed by atoms with van der Waals surface area (Å²) >= 11 is 1.74. The topological polar surface area (TPSA) is 48.1 Å². The summed E-state index contributed by atoms with van der Waals surface area (Å²) in [5.41, 5.74) is 7.27. The second kappa shape index (κ2) is 5.19. The zero-order valence-corrected chi connectivity index (χ0v) is 12.1. The molecule has 1 saturated heterocycles. The molecule has 4 heteroatoms. The first-order valence-electron chi connectivity index (χ1n) is 6.91. The quantitative estimate of drug-likeness (QED) is 0.937. The number of hydrogen-bond acceptors (Lipinski definition) is 4. The van der Waals surface area contributed by atoms with Crippen molar-refractivity contribution in [3.63, 3.8) is 0 Å². The van der Waals surface area contributed by atoms with E-state index in [0.717, 1.165) is 36.4 Å². The van der Waals surface area contributed by atoms with Crippen molar-refractivity contribution in [1.29, 1.82) is 0 Å². The number of nitrogens with two attached hydrogens (primary N) is 1. The lowest BCUT2D eigenvalue weighted by Crippen LogP contribution is -2.50. The highest BCUT2D eigenvalue weighted by Gasteiger charge is 2.35. The molecule has 1 aliphatic heterocycles. The van der Waals surface area contributed by atoms with Crippen LogP contribution in [-0.4, -0.2) is 23.2 Å². The molecule has 0 spiro atoms. The van der Waals surface area contributed by atoms with Crippen LogP contribution in [0.15, 0.2) is 24.3 Å². The molecule has 3 rings (SSSR count). The maximum atomic E-state index is 6.38. The Morgan fingerprint density at radius 3 is 3.00 bits per heavy atom. The van der Waals surface area contributed by atoms with Gasteiger partial charge in [0.1, 0.15) is 0 Å². The highest BCUT2D eigenvalue weighted by atomic mass is 32.1. The number of aromatic nitrogens is 1. The summed E-state index contributed by atoms with van der Waals surface area (Å²) < 4.78 is 7.16. The molecule has 0 aliphatic carbocycles. The van der Waals surface area contributed by atoms with Gasteiger partial charge in [-0.2, -0.15) is 0 Å². The summed E-state index contributed by atoms with van der Waals surface area (Å²) in [4.78, 5) is 4.66. The highest BCUT2D eigenvalue weighted by Crippen LogP contribution is 2.30. The van der Waals surface area contributed by atoms with E-state index in [1.165, 1.54) is 11.1 Å². The van der Waals surface area contributed by atoms with Crippen LogP contribution < -0.4 is 5.73 Å². The summed E-state index contributed by atoms with van der Waals surface area (Å²) in [6.45, 7) is 2.98. The molecular weight excluding hydrogens is 256 g/mol. The number of para-hydroxylation sites is 1. The molecule has 2 aromatic rings. The van der Waals surface area contributed by atoms with E-state index in [-0.39, 0.29) is 11.6 Å². The van der Waals surface area contributed by atoms with Crippen LogP contribution in [-0.2, 0) is 11.2 Å². The molecule has 0 bridgehead atoms. The van der Waals surface area contributed by atoms with Crippen molar-refractivity contribution >= 4 is 21.6 Å². The van der Waals surface area contributed by atoms with Crippen molar-refractivity contribution < 1.29 is 4.74 Å². The first-order chi connectivity index (χ1) is 9.17. The third kappa shape index (κ3) is 2.66. The Morgan fingerprint density at radius 1 is 1.42 bits per heavy atom. The van der Waals surface area contributed by atoms with E-state index in [1.807, 2.05) is 6.07 Å². The zero-order chi connectivity index (χ0) is 13.3. The number of fused-ring (bicyclic) bond motifs is 1. The molecule has 0 radical (unpaired) electrons. The van der Waals surface area contributed by atoms with Gasteiger partial charge >= 0.3 is 0 Å². The van der Waals surface area contributed by atoms with E-state index < -0.39 is 0 Å². The molecule has 1 aliphatic rings. The number of ether oxygens (including phenoxy) is 1. The number of nitrogens with zero attached hydrogens (tertiary/aromatic N) is 1. The van der Waals surface area contributed by atoms with Crippen molar-refractivity contribution in [2.24, 2.45) is 5.73 Å². The second-order valence-corrected chi connectivity index (χ2v) is 6.62. The van der Waals surface area contributed by atoms with Crippen LogP contribution in [0.2, 0.25) is 0 Å². The van der Waals surface area contributed by atoms with Gasteiger partial charge in [-0.05, 0) is 38.3 Å². The number of rotatable bonds is 3. The van der Waals surface area contributed by atoms with Crippen molar-refractivity contribution in [2.45, 2.75) is 44.2 Å². The van der Waals surface area contributed by atoms with Crippen LogP contribution in [0, 0.1) is 0 Å². The summed E-state index contributed by atoms with van der Waals surface area (Å²) in [6, 6.07) is 8.27. The molecule has 102 valence electrons. The predicted molar refractivity (Wildman–Crippen MR) is 79.5 cm³/mol. The molecule has 19 heavy (non-hydrogen) atoms. The third-order valence-corrected chi connectivity index (χ3v) is 5.08. The number of thiazole rings is 1. The molecule has 1 aromatic heterocycles. The minimum absolute atomic E-state index is 0.0216. The van der Waals surface area contributed by atoms with Gasteiger partial charge in [-0.25, -0.2) is 4.98 Å². The Kier molecular flexibility index (Phi) is 3.56. The standard InChI is InChI=1S/C15H20N2OS/c1-15(8-4-5-9-18-15)13(16)10-14-17-11-6-2-3-7-12(11)19-14/h2-3,6-7,13H,4-5,8-10,16H2,1H3.